The van der Waals surface area contributed by atoms with Crippen LogP contribution in [-0.4, -0.2) is 67.5 Å². The highest BCUT2D eigenvalue weighted by Gasteiger charge is 2.59. The summed E-state index contributed by atoms with van der Waals surface area (Å²) in [5.74, 6) is 1.05. The van der Waals surface area contributed by atoms with Gasteiger partial charge in [0.2, 0.25) is 0 Å². The van der Waals surface area contributed by atoms with Gasteiger partial charge in [-0.05, 0) is 84.2 Å². The van der Waals surface area contributed by atoms with Crippen molar-refractivity contribution in [2.75, 3.05) is 26.1 Å². The van der Waals surface area contributed by atoms with Crippen LogP contribution in [0.15, 0.2) is 126 Å². The second-order valence-electron chi connectivity index (χ2n) is 15.7. The Hall–Kier alpha value is -5.11. The molecule has 1 amide bonds. The van der Waals surface area contributed by atoms with Gasteiger partial charge >= 0.3 is 5.69 Å². The number of amides is 1. The van der Waals surface area contributed by atoms with Gasteiger partial charge in [-0.25, -0.2) is 4.79 Å². The quantitative estimate of drug-likeness (QED) is 0.0919. The van der Waals surface area contributed by atoms with E-state index in [0.717, 1.165) is 16.7 Å². The topological polar surface area (TPSA) is 130 Å². The average molecular weight is 778 g/mol. The third kappa shape index (κ3) is 7.93. The van der Waals surface area contributed by atoms with Crippen molar-refractivity contribution in [3.05, 3.63) is 154 Å². The predicted octanol–water partition coefficient (Wildman–Crippen LogP) is 7.56. The number of hydrogen-bond acceptors (Lipinski definition) is 9. The fraction of sp³-hybridized carbons (Fsp3) is 0.341. The smallest absolute Gasteiger partial charge is 0.351 e. The lowest BCUT2D eigenvalue weighted by molar-refractivity contribution is -0.103. The Morgan fingerprint density at radius 3 is 1.86 bits per heavy atom. The molecular weight excluding hydrogens is 727 g/mol. The van der Waals surface area contributed by atoms with Crippen LogP contribution >= 0.6 is 0 Å². The molecule has 0 saturated carbocycles. The molecule has 0 unspecified atom stereocenters. The first-order chi connectivity index (χ1) is 26.6. The fourth-order valence-corrected chi connectivity index (χ4v) is 8.52. The minimum atomic E-state index is -2.61. The van der Waals surface area contributed by atoms with Crippen molar-refractivity contribution in [2.24, 2.45) is 0 Å². The summed E-state index contributed by atoms with van der Waals surface area (Å²) in [5, 5.41) is 14.8. The van der Waals surface area contributed by atoms with Crippen LogP contribution in [0.2, 0.25) is 18.1 Å². The van der Waals surface area contributed by atoms with E-state index in [9.17, 15) is 14.7 Å². The lowest BCUT2D eigenvalue weighted by Gasteiger charge is -2.45. The van der Waals surface area contributed by atoms with E-state index in [4.69, 9.17) is 23.4 Å². The maximum atomic E-state index is 13.8. The van der Waals surface area contributed by atoms with Crippen LogP contribution in [0.3, 0.4) is 0 Å². The first-order valence-electron chi connectivity index (χ1n) is 18.6. The minimum Gasteiger partial charge on any atom is -0.497 e. The van der Waals surface area contributed by atoms with E-state index >= 15 is 0 Å². The summed E-state index contributed by atoms with van der Waals surface area (Å²) >= 11 is 0. The van der Waals surface area contributed by atoms with Crippen molar-refractivity contribution in [2.45, 2.75) is 75.5 Å². The number of aliphatic hydroxyl groups is 1. The minimum absolute atomic E-state index is 0.0807. The largest absolute Gasteiger partial charge is 0.497 e. The van der Waals surface area contributed by atoms with Gasteiger partial charge < -0.3 is 33.8 Å². The Kier molecular flexibility index (Phi) is 11.7. The normalized spacial score (nSPS) is 20.1. The van der Waals surface area contributed by atoms with Crippen molar-refractivity contribution in [3.63, 3.8) is 0 Å². The van der Waals surface area contributed by atoms with Gasteiger partial charge in [0.15, 0.2) is 14.5 Å². The van der Waals surface area contributed by atoms with E-state index in [2.05, 4.69) is 44.2 Å². The van der Waals surface area contributed by atoms with Gasteiger partial charge in [0.25, 0.3) is 5.91 Å². The van der Waals surface area contributed by atoms with E-state index in [-0.39, 0.29) is 17.5 Å². The summed E-state index contributed by atoms with van der Waals surface area (Å²) in [6, 6.07) is 35.4. The highest BCUT2D eigenvalue weighted by molar-refractivity contribution is 6.74. The number of benzene rings is 4. The lowest BCUT2D eigenvalue weighted by Crippen LogP contribution is -2.56. The standard InChI is InChI=1S/C44H51N3O8Si/c1-42(2,3)56(7,8)55-43(4)38(48)36(54-40(43)47-28-27-37(46-41(47)50)45-39(49)30-15-11-9-12-16-30)29-53-44(31-17-13-10-14-18-31,32-19-23-34(51-5)24-20-32)33-21-25-35(52-6)26-22-33/h9-28,36,38,40,48H,29H2,1-8H3,(H,45,46,49,50)/t36-,38-,40-,43-/m1/s1. The molecule has 0 aliphatic carbocycles. The molecule has 1 aliphatic rings. The Bertz CT molecular complexity index is 2110. The average Bonchev–Trinajstić information content (AvgIpc) is 3.43. The fourth-order valence-electron chi connectivity index (χ4n) is 6.90. The number of nitrogens with one attached hydrogen (secondary N) is 1. The van der Waals surface area contributed by atoms with Gasteiger partial charge in [-0.3, -0.25) is 9.36 Å². The molecule has 1 aliphatic heterocycles. The Labute approximate surface area is 329 Å². The van der Waals surface area contributed by atoms with Gasteiger partial charge in [-0.2, -0.15) is 4.98 Å². The number of carbonyl (C=O) groups is 1. The number of anilines is 1. The molecule has 4 atom stereocenters. The van der Waals surface area contributed by atoms with Gasteiger partial charge in [0.05, 0.1) is 20.8 Å². The molecule has 294 valence electrons. The van der Waals surface area contributed by atoms with Gasteiger partial charge in [-0.15, -0.1) is 0 Å². The van der Waals surface area contributed by atoms with Crippen LogP contribution in [0.25, 0.3) is 0 Å². The maximum Gasteiger partial charge on any atom is 0.351 e. The van der Waals surface area contributed by atoms with Gasteiger partial charge in [0.1, 0.15) is 40.7 Å². The van der Waals surface area contributed by atoms with E-state index in [1.807, 2.05) is 84.9 Å². The molecule has 56 heavy (non-hydrogen) atoms. The second kappa shape index (κ2) is 16.2. The van der Waals surface area contributed by atoms with Crippen molar-refractivity contribution in [3.8, 4) is 11.5 Å². The van der Waals surface area contributed by atoms with Gasteiger partial charge in [0, 0.05) is 11.8 Å². The number of aliphatic hydroxyl groups excluding tert-OH is 1. The zero-order chi connectivity index (χ0) is 40.3. The summed E-state index contributed by atoms with van der Waals surface area (Å²) in [7, 11) is 0.627. The highest BCUT2D eigenvalue weighted by atomic mass is 28.4. The molecule has 0 spiro atoms. The number of ether oxygens (including phenoxy) is 4. The van der Waals surface area contributed by atoms with Crippen molar-refractivity contribution < 1.29 is 33.3 Å². The van der Waals surface area contributed by atoms with Crippen LogP contribution in [0.5, 0.6) is 11.5 Å². The number of aromatic nitrogens is 2. The SMILES string of the molecule is COc1ccc(C(OC[C@H]2O[C@@H](n3ccc(NC(=O)c4ccccc4)nc3=O)[C@](C)(O[Si](C)(C)C(C)(C)C)[C@@H]2O)(c2ccccc2)c2ccc(OC)cc2)cc1. The van der Waals surface area contributed by atoms with E-state index in [1.165, 1.54) is 16.8 Å². The number of hydrogen-bond donors (Lipinski definition) is 2. The van der Waals surface area contributed by atoms with E-state index < -0.39 is 49.6 Å². The monoisotopic (exact) mass is 777 g/mol. The maximum absolute atomic E-state index is 13.8. The zero-order valence-electron chi connectivity index (χ0n) is 33.2. The first kappa shape index (κ1) is 40.5. The summed E-state index contributed by atoms with van der Waals surface area (Å²) in [5.41, 5.74) is -0.389. The molecule has 1 aromatic heterocycles. The summed E-state index contributed by atoms with van der Waals surface area (Å²) in [6.45, 7) is 12.2. The molecule has 2 heterocycles. The number of carbonyl (C=O) groups excluding carboxylic acids is 1. The molecule has 5 aromatic rings. The van der Waals surface area contributed by atoms with Crippen LogP contribution in [0, 0.1) is 0 Å². The number of methoxy groups -OCH3 is 2. The molecule has 1 fully saturated rings. The summed E-state index contributed by atoms with van der Waals surface area (Å²) < 4.78 is 33.2. The Morgan fingerprint density at radius 2 is 1.36 bits per heavy atom. The van der Waals surface area contributed by atoms with Crippen LogP contribution in [0.1, 0.15) is 61.0 Å². The van der Waals surface area contributed by atoms with Crippen molar-refractivity contribution in [1.29, 1.82) is 0 Å². The van der Waals surface area contributed by atoms with Crippen LogP contribution in [0.4, 0.5) is 5.82 Å². The summed E-state index contributed by atoms with van der Waals surface area (Å²) in [4.78, 5) is 30.9. The lowest BCUT2D eigenvalue weighted by atomic mass is 9.80. The molecule has 1 saturated heterocycles. The highest BCUT2D eigenvalue weighted by Crippen LogP contribution is 2.49. The second-order valence-corrected chi connectivity index (χ2v) is 20.4. The molecule has 11 nitrogen and oxygen atoms in total. The predicted molar refractivity (Wildman–Crippen MR) is 218 cm³/mol. The molecule has 4 aromatic carbocycles. The Morgan fingerprint density at radius 1 is 0.839 bits per heavy atom. The molecule has 12 heteroatoms. The first-order valence-corrected chi connectivity index (χ1v) is 21.5. The molecule has 6 rings (SSSR count). The van der Waals surface area contributed by atoms with E-state index in [1.54, 1.807) is 45.4 Å². The molecule has 0 radical (unpaired) electrons. The molecular formula is C44H51N3O8Si. The van der Waals surface area contributed by atoms with Crippen LogP contribution < -0.4 is 20.5 Å². The summed E-state index contributed by atoms with van der Waals surface area (Å²) in [6.07, 6.45) is -1.80. The third-order valence-corrected chi connectivity index (χ3v) is 15.6. The Balaban J connectivity index is 1.40. The van der Waals surface area contributed by atoms with Crippen molar-refractivity contribution in [1.82, 2.24) is 9.55 Å². The van der Waals surface area contributed by atoms with E-state index in [0.29, 0.717) is 17.1 Å². The third-order valence-electron chi connectivity index (χ3n) is 11.0. The van der Waals surface area contributed by atoms with Crippen molar-refractivity contribution >= 4 is 20.0 Å². The molecule has 0 bridgehead atoms. The number of rotatable bonds is 13. The number of nitrogens with zero attached hydrogens (tertiary/aromatic N) is 2. The molecule has 2 N–H and O–H groups in total. The zero-order valence-corrected chi connectivity index (χ0v) is 34.2. The van der Waals surface area contributed by atoms with Gasteiger partial charge in [-0.1, -0.05) is 93.6 Å². The van der Waals surface area contributed by atoms with Crippen LogP contribution in [-0.2, 0) is 19.5 Å².